The van der Waals surface area contributed by atoms with Crippen LogP contribution in [-0.4, -0.2) is 18.6 Å². The van der Waals surface area contributed by atoms with Gasteiger partial charge in [0.05, 0.1) is 16.0 Å². The van der Waals surface area contributed by atoms with Crippen LogP contribution >= 0.6 is 43.2 Å². The maximum absolute atomic E-state index is 13.1. The normalized spacial score (nSPS) is 16.4. The van der Waals surface area contributed by atoms with Gasteiger partial charge in [0, 0.05) is 0 Å². The van der Waals surface area contributed by atoms with E-state index in [0.717, 1.165) is 11.3 Å². The lowest BCUT2D eigenvalue weighted by atomic mass is 9.96. The highest BCUT2D eigenvalue weighted by Crippen LogP contribution is 2.44. The molecule has 0 fully saturated rings. The van der Waals surface area contributed by atoms with Gasteiger partial charge in [-0.25, -0.2) is 4.98 Å². The van der Waals surface area contributed by atoms with Crippen molar-refractivity contribution in [3.05, 3.63) is 57.0 Å². The molecule has 4 nitrogen and oxygen atoms in total. The molecule has 2 heterocycles. The molecule has 0 saturated carbocycles. The number of thiophene rings is 1. The fourth-order valence-corrected chi connectivity index (χ4v) is 5.40. The molecule has 0 atom stereocenters. The Morgan fingerprint density at radius 2 is 1.92 bits per heavy atom. The number of ketones is 1. The Morgan fingerprint density at radius 3 is 2.62 bits per heavy atom. The second-order valence-electron chi connectivity index (χ2n) is 5.76. The molecule has 0 amide bonds. The molecule has 7 heteroatoms. The van der Waals surface area contributed by atoms with Crippen LogP contribution in [0.5, 0.6) is 0 Å². The number of fused-ring (bicyclic) bond motifs is 3. The Bertz CT molecular complexity index is 1040. The molecule has 1 aliphatic carbocycles. The van der Waals surface area contributed by atoms with Crippen LogP contribution in [0, 0.1) is 6.92 Å². The van der Waals surface area contributed by atoms with Crippen molar-refractivity contribution < 1.29 is 4.79 Å². The molecule has 2 aromatic heterocycles. The van der Waals surface area contributed by atoms with E-state index in [9.17, 15) is 9.59 Å². The lowest BCUT2D eigenvalue weighted by Crippen LogP contribution is -2.30. The van der Waals surface area contributed by atoms with Crippen molar-refractivity contribution in [2.75, 3.05) is 0 Å². The fourth-order valence-electron chi connectivity index (χ4n) is 3.07. The number of benzene rings is 1. The molecule has 1 aliphatic rings. The summed E-state index contributed by atoms with van der Waals surface area (Å²) in [6, 6.07) is 9.46. The molecule has 24 heavy (non-hydrogen) atoms. The van der Waals surface area contributed by atoms with Crippen LogP contribution < -0.4 is 5.56 Å². The molecular formula is C17H12Br2N2O2S. The number of alkyl halides is 2. The fraction of sp³-hybridized carbons (Fsp3) is 0.235. The number of carbonyl (C=O) groups is 1. The Morgan fingerprint density at radius 1 is 1.21 bits per heavy atom. The SMILES string of the molecule is Cc1nc2sc3c(c2c(=O)n1-c1ccccc1)CCC(Br)(Br)C3=O. The summed E-state index contributed by atoms with van der Waals surface area (Å²) in [7, 11) is 0. The van der Waals surface area contributed by atoms with E-state index in [0.29, 0.717) is 33.8 Å². The van der Waals surface area contributed by atoms with Crippen molar-refractivity contribution in [3.63, 3.8) is 0 Å². The summed E-state index contributed by atoms with van der Waals surface area (Å²) in [5.74, 6) is 0.587. The van der Waals surface area contributed by atoms with Crippen LogP contribution in [0.2, 0.25) is 0 Å². The smallest absolute Gasteiger partial charge is 0.267 e. The second-order valence-corrected chi connectivity index (χ2v) is 10.5. The lowest BCUT2D eigenvalue weighted by Gasteiger charge is -2.23. The number of nitrogens with zero attached hydrogens (tertiary/aromatic N) is 2. The number of hydrogen-bond donors (Lipinski definition) is 0. The van der Waals surface area contributed by atoms with Crippen molar-refractivity contribution in [3.8, 4) is 5.69 Å². The summed E-state index contributed by atoms with van der Waals surface area (Å²) in [4.78, 5) is 31.6. The van der Waals surface area contributed by atoms with Gasteiger partial charge in [-0.15, -0.1) is 11.3 Å². The number of rotatable bonds is 1. The van der Waals surface area contributed by atoms with Crippen LogP contribution in [0.4, 0.5) is 0 Å². The molecule has 0 aliphatic heterocycles. The summed E-state index contributed by atoms with van der Waals surface area (Å²) in [6.07, 6.45) is 1.26. The molecule has 4 rings (SSSR count). The third-order valence-corrected chi connectivity index (χ3v) is 6.87. The first-order chi connectivity index (χ1) is 11.4. The Kier molecular flexibility index (Phi) is 3.78. The maximum atomic E-state index is 13.1. The number of carbonyl (C=O) groups excluding carboxylic acids is 1. The van der Waals surface area contributed by atoms with Crippen molar-refractivity contribution in [2.24, 2.45) is 0 Å². The minimum Gasteiger partial charge on any atom is -0.291 e. The van der Waals surface area contributed by atoms with E-state index in [1.807, 2.05) is 37.3 Å². The zero-order valence-electron chi connectivity index (χ0n) is 12.7. The van der Waals surface area contributed by atoms with Gasteiger partial charge in [-0.2, -0.15) is 0 Å². The van der Waals surface area contributed by atoms with E-state index in [1.165, 1.54) is 11.3 Å². The minimum atomic E-state index is -0.735. The van der Waals surface area contributed by atoms with Crippen LogP contribution in [0.15, 0.2) is 35.1 Å². The van der Waals surface area contributed by atoms with Gasteiger partial charge >= 0.3 is 0 Å². The van der Waals surface area contributed by atoms with Gasteiger partial charge < -0.3 is 0 Å². The first-order valence-corrected chi connectivity index (χ1v) is 9.83. The van der Waals surface area contributed by atoms with Crippen LogP contribution in [0.1, 0.15) is 27.5 Å². The largest absolute Gasteiger partial charge is 0.291 e. The molecule has 0 saturated heterocycles. The highest BCUT2D eigenvalue weighted by Gasteiger charge is 2.41. The van der Waals surface area contributed by atoms with Gasteiger partial charge in [-0.3, -0.25) is 14.2 Å². The monoisotopic (exact) mass is 466 g/mol. The zero-order chi connectivity index (χ0) is 17.1. The first-order valence-electron chi connectivity index (χ1n) is 7.43. The van der Waals surface area contributed by atoms with Gasteiger partial charge in [0.2, 0.25) is 0 Å². The van der Waals surface area contributed by atoms with Crippen LogP contribution in [0.3, 0.4) is 0 Å². The van der Waals surface area contributed by atoms with E-state index in [-0.39, 0.29) is 11.3 Å². The number of aryl methyl sites for hydroxylation is 2. The predicted molar refractivity (Wildman–Crippen MR) is 103 cm³/mol. The minimum absolute atomic E-state index is 0.0323. The number of hydrogen-bond acceptors (Lipinski definition) is 4. The molecule has 3 aromatic rings. The Labute approximate surface area is 158 Å². The number of aromatic nitrogens is 2. The molecule has 0 radical (unpaired) electrons. The summed E-state index contributed by atoms with van der Waals surface area (Å²) in [5, 5.41) is 0.577. The highest BCUT2D eigenvalue weighted by atomic mass is 79.9. The van der Waals surface area contributed by atoms with Crippen molar-refractivity contribution >= 4 is 59.2 Å². The Balaban J connectivity index is 2.05. The van der Waals surface area contributed by atoms with E-state index < -0.39 is 3.23 Å². The third kappa shape index (κ3) is 2.33. The maximum Gasteiger partial charge on any atom is 0.267 e. The van der Waals surface area contributed by atoms with E-state index in [4.69, 9.17) is 0 Å². The van der Waals surface area contributed by atoms with E-state index in [2.05, 4.69) is 36.8 Å². The number of para-hydroxylation sites is 1. The molecule has 0 N–H and O–H groups in total. The van der Waals surface area contributed by atoms with Crippen LogP contribution in [0.25, 0.3) is 15.9 Å². The quantitative estimate of drug-likeness (QED) is 0.499. The topological polar surface area (TPSA) is 52.0 Å². The van der Waals surface area contributed by atoms with Gasteiger partial charge in [0.1, 0.15) is 13.9 Å². The average molecular weight is 468 g/mol. The molecule has 0 bridgehead atoms. The van der Waals surface area contributed by atoms with Gasteiger partial charge in [-0.1, -0.05) is 50.1 Å². The average Bonchev–Trinajstić information content (AvgIpc) is 2.91. The summed E-state index contributed by atoms with van der Waals surface area (Å²) in [6.45, 7) is 1.81. The summed E-state index contributed by atoms with van der Waals surface area (Å²) < 4.78 is 0.880. The standard InChI is InChI=1S/C17H12Br2N2O2S/c1-9-20-15-12(16(23)21(9)10-5-3-2-4-6-10)11-7-8-17(18,19)14(22)13(11)24-15/h2-6H,7-8H2,1H3. The van der Waals surface area contributed by atoms with Gasteiger partial charge in [0.25, 0.3) is 5.56 Å². The van der Waals surface area contributed by atoms with Gasteiger partial charge in [0.15, 0.2) is 5.78 Å². The molecule has 1 aromatic carbocycles. The van der Waals surface area contributed by atoms with Crippen molar-refractivity contribution in [1.82, 2.24) is 9.55 Å². The molecule has 0 unspecified atom stereocenters. The third-order valence-electron chi connectivity index (χ3n) is 4.23. The first kappa shape index (κ1) is 16.2. The van der Waals surface area contributed by atoms with E-state index >= 15 is 0 Å². The molecular weight excluding hydrogens is 456 g/mol. The summed E-state index contributed by atoms with van der Waals surface area (Å²) >= 11 is 8.19. The highest BCUT2D eigenvalue weighted by molar-refractivity contribution is 9.26. The lowest BCUT2D eigenvalue weighted by molar-refractivity contribution is 0.0977. The summed E-state index contributed by atoms with van der Waals surface area (Å²) in [5.41, 5.74) is 1.51. The van der Waals surface area contributed by atoms with Crippen molar-refractivity contribution in [1.29, 1.82) is 0 Å². The van der Waals surface area contributed by atoms with Crippen LogP contribution in [-0.2, 0) is 6.42 Å². The second kappa shape index (κ2) is 5.61. The zero-order valence-corrected chi connectivity index (χ0v) is 16.7. The van der Waals surface area contributed by atoms with Crippen molar-refractivity contribution in [2.45, 2.75) is 23.0 Å². The van der Waals surface area contributed by atoms with Gasteiger partial charge in [-0.05, 0) is 37.5 Å². The number of Topliss-reactive ketones (excluding diaryl/α,β-unsaturated/α-hetero) is 1. The Hall–Kier alpha value is -1.31. The number of halogens is 2. The predicted octanol–water partition coefficient (Wildman–Crippen LogP) is 4.37. The molecule has 122 valence electrons. The molecule has 0 spiro atoms. The van der Waals surface area contributed by atoms with E-state index in [1.54, 1.807) is 4.57 Å².